The Balaban J connectivity index is 0.00000200. The molecule has 1 aliphatic heterocycles. The molecule has 3 N–H and O–H groups in total. The lowest BCUT2D eigenvalue weighted by molar-refractivity contribution is -0.119. The fourth-order valence-corrected chi connectivity index (χ4v) is 2.76. The monoisotopic (exact) mass is 319 g/mol. The maximum Gasteiger partial charge on any atom is 0.240 e. The number of carbonyl (C=O) groups is 1. The zero-order chi connectivity index (χ0) is 13.9. The molecule has 8 heteroatoms. The molecule has 1 unspecified atom stereocenters. The molecule has 2 rings (SSSR count). The van der Waals surface area contributed by atoms with Crippen LogP contribution in [0.15, 0.2) is 29.2 Å². The minimum absolute atomic E-state index is 0. The summed E-state index contributed by atoms with van der Waals surface area (Å²) in [6, 6.07) is 6.21. The summed E-state index contributed by atoms with van der Waals surface area (Å²) in [7, 11) is -2.14. The van der Waals surface area contributed by atoms with Gasteiger partial charge in [-0.2, -0.15) is 0 Å². The van der Waals surface area contributed by atoms with Crippen molar-refractivity contribution < 1.29 is 13.2 Å². The first-order valence-electron chi connectivity index (χ1n) is 6.08. The molecule has 6 nitrogen and oxygen atoms in total. The van der Waals surface area contributed by atoms with Crippen LogP contribution in [-0.4, -0.2) is 34.5 Å². The van der Waals surface area contributed by atoms with Crippen molar-refractivity contribution in [2.45, 2.75) is 11.3 Å². The second-order valence-corrected chi connectivity index (χ2v) is 6.30. The molecule has 1 aromatic rings. The summed E-state index contributed by atoms with van der Waals surface area (Å²) in [5, 5.41) is 5.87. The molecule has 1 fully saturated rings. The molecule has 1 aliphatic rings. The zero-order valence-corrected chi connectivity index (χ0v) is 12.7. The smallest absolute Gasteiger partial charge is 0.240 e. The highest BCUT2D eigenvalue weighted by Gasteiger charge is 2.22. The van der Waals surface area contributed by atoms with Crippen molar-refractivity contribution in [1.29, 1.82) is 0 Å². The van der Waals surface area contributed by atoms with Gasteiger partial charge in [0, 0.05) is 12.2 Å². The number of nitrogens with one attached hydrogen (secondary N) is 3. The number of amides is 1. The summed E-state index contributed by atoms with van der Waals surface area (Å²) < 4.78 is 25.6. The van der Waals surface area contributed by atoms with Crippen LogP contribution in [0.4, 0.5) is 5.69 Å². The van der Waals surface area contributed by atoms with E-state index in [9.17, 15) is 13.2 Å². The van der Waals surface area contributed by atoms with Crippen molar-refractivity contribution in [2.24, 2.45) is 5.92 Å². The minimum Gasteiger partial charge on any atom is -0.326 e. The normalized spacial score (nSPS) is 18.4. The van der Waals surface area contributed by atoms with E-state index in [0.29, 0.717) is 12.2 Å². The molecular weight excluding hydrogens is 302 g/mol. The van der Waals surface area contributed by atoms with E-state index in [-0.39, 0.29) is 29.1 Å². The van der Waals surface area contributed by atoms with Gasteiger partial charge in [-0.1, -0.05) is 6.07 Å². The quantitative estimate of drug-likeness (QED) is 0.757. The highest BCUT2D eigenvalue weighted by molar-refractivity contribution is 7.89. The van der Waals surface area contributed by atoms with Gasteiger partial charge in [0.1, 0.15) is 0 Å². The third-order valence-corrected chi connectivity index (χ3v) is 4.52. The van der Waals surface area contributed by atoms with Crippen LogP contribution in [0.25, 0.3) is 0 Å². The second kappa shape index (κ2) is 7.03. The highest BCUT2D eigenvalue weighted by atomic mass is 35.5. The lowest BCUT2D eigenvalue weighted by Gasteiger charge is -2.11. The number of benzene rings is 1. The van der Waals surface area contributed by atoms with E-state index in [2.05, 4.69) is 15.4 Å². The van der Waals surface area contributed by atoms with E-state index < -0.39 is 10.0 Å². The maximum absolute atomic E-state index is 11.9. The van der Waals surface area contributed by atoms with Crippen molar-refractivity contribution in [1.82, 2.24) is 10.0 Å². The summed E-state index contributed by atoms with van der Waals surface area (Å²) in [6.07, 6.45) is 0.806. The SMILES string of the molecule is CNS(=O)(=O)c1cccc(NC(=O)C2CCNC2)c1.Cl. The molecule has 0 spiro atoms. The molecular formula is C12H18ClN3O3S. The third kappa shape index (κ3) is 3.92. The van der Waals surface area contributed by atoms with Gasteiger partial charge in [0.25, 0.3) is 0 Å². The predicted octanol–water partition coefficient (Wildman–Crippen LogP) is 0.564. The van der Waals surface area contributed by atoms with Crippen LogP contribution in [0.2, 0.25) is 0 Å². The van der Waals surface area contributed by atoms with E-state index in [1.54, 1.807) is 12.1 Å². The average molecular weight is 320 g/mol. The molecule has 1 atom stereocenters. The average Bonchev–Trinajstić information content (AvgIpc) is 2.93. The number of anilines is 1. The van der Waals surface area contributed by atoms with Crippen molar-refractivity contribution in [3.05, 3.63) is 24.3 Å². The van der Waals surface area contributed by atoms with Crippen LogP contribution in [-0.2, 0) is 14.8 Å². The number of hydrogen-bond acceptors (Lipinski definition) is 4. The van der Waals surface area contributed by atoms with Gasteiger partial charge in [-0.05, 0) is 38.2 Å². The van der Waals surface area contributed by atoms with E-state index >= 15 is 0 Å². The summed E-state index contributed by atoms with van der Waals surface area (Å²) in [5.74, 6) is -0.131. The number of hydrogen-bond donors (Lipinski definition) is 3. The molecule has 0 bridgehead atoms. The molecule has 0 saturated carbocycles. The molecule has 20 heavy (non-hydrogen) atoms. The van der Waals surface area contributed by atoms with Crippen LogP contribution >= 0.6 is 12.4 Å². The van der Waals surface area contributed by atoms with Crippen molar-refractivity contribution in [3.63, 3.8) is 0 Å². The first-order chi connectivity index (χ1) is 9.03. The fraction of sp³-hybridized carbons (Fsp3) is 0.417. The summed E-state index contributed by atoms with van der Waals surface area (Å²) in [6.45, 7) is 1.51. The first-order valence-corrected chi connectivity index (χ1v) is 7.56. The van der Waals surface area contributed by atoms with Crippen LogP contribution in [0.3, 0.4) is 0 Å². The lowest BCUT2D eigenvalue weighted by atomic mass is 10.1. The van der Waals surface area contributed by atoms with Gasteiger partial charge in [0.2, 0.25) is 15.9 Å². The Morgan fingerprint density at radius 1 is 1.40 bits per heavy atom. The first kappa shape index (κ1) is 16.9. The summed E-state index contributed by atoms with van der Waals surface area (Å²) in [5.41, 5.74) is 0.494. The fourth-order valence-electron chi connectivity index (χ4n) is 1.98. The van der Waals surface area contributed by atoms with E-state index in [0.717, 1.165) is 13.0 Å². The van der Waals surface area contributed by atoms with Gasteiger partial charge in [-0.3, -0.25) is 4.79 Å². The Hall–Kier alpha value is -1.15. The topological polar surface area (TPSA) is 87.3 Å². The number of halogens is 1. The Kier molecular flexibility index (Phi) is 5.94. The van der Waals surface area contributed by atoms with Gasteiger partial charge >= 0.3 is 0 Å². The molecule has 112 valence electrons. The van der Waals surface area contributed by atoms with E-state index in [1.807, 2.05) is 0 Å². The highest BCUT2D eigenvalue weighted by Crippen LogP contribution is 2.17. The van der Waals surface area contributed by atoms with Crippen molar-refractivity contribution in [3.8, 4) is 0 Å². The Bertz CT molecular complexity index is 571. The maximum atomic E-state index is 11.9. The number of carbonyl (C=O) groups excluding carboxylic acids is 1. The second-order valence-electron chi connectivity index (χ2n) is 4.41. The molecule has 1 aromatic carbocycles. The molecule has 1 saturated heterocycles. The molecule has 0 radical (unpaired) electrons. The van der Waals surface area contributed by atoms with Crippen LogP contribution in [0, 0.1) is 5.92 Å². The Morgan fingerprint density at radius 2 is 2.15 bits per heavy atom. The summed E-state index contributed by atoms with van der Waals surface area (Å²) >= 11 is 0. The predicted molar refractivity (Wildman–Crippen MR) is 79.5 cm³/mol. The van der Waals surface area contributed by atoms with Crippen LogP contribution < -0.4 is 15.4 Å². The van der Waals surface area contributed by atoms with Gasteiger partial charge in [-0.25, -0.2) is 13.1 Å². The molecule has 1 heterocycles. The number of rotatable bonds is 4. The molecule has 0 aromatic heterocycles. The molecule has 0 aliphatic carbocycles. The Morgan fingerprint density at radius 3 is 2.75 bits per heavy atom. The van der Waals surface area contributed by atoms with E-state index in [1.165, 1.54) is 19.2 Å². The lowest BCUT2D eigenvalue weighted by Crippen LogP contribution is -2.25. The van der Waals surface area contributed by atoms with Crippen LogP contribution in [0.1, 0.15) is 6.42 Å². The summed E-state index contributed by atoms with van der Waals surface area (Å²) in [4.78, 5) is 12.1. The largest absolute Gasteiger partial charge is 0.326 e. The standard InChI is InChI=1S/C12H17N3O3S.ClH/c1-13-19(17,18)11-4-2-3-10(7-11)15-12(16)9-5-6-14-8-9;/h2-4,7,9,13-14H,5-6,8H2,1H3,(H,15,16);1H. The molecule has 1 amide bonds. The van der Waals surface area contributed by atoms with Gasteiger partial charge in [0.15, 0.2) is 0 Å². The van der Waals surface area contributed by atoms with Gasteiger partial charge in [-0.15, -0.1) is 12.4 Å². The number of sulfonamides is 1. The van der Waals surface area contributed by atoms with Crippen LogP contribution in [0.5, 0.6) is 0 Å². The van der Waals surface area contributed by atoms with Gasteiger partial charge < -0.3 is 10.6 Å². The van der Waals surface area contributed by atoms with Crippen molar-refractivity contribution in [2.75, 3.05) is 25.5 Å². The van der Waals surface area contributed by atoms with E-state index in [4.69, 9.17) is 0 Å². The zero-order valence-electron chi connectivity index (χ0n) is 11.0. The third-order valence-electron chi connectivity index (χ3n) is 3.11. The Labute approximate surface area is 124 Å². The van der Waals surface area contributed by atoms with Gasteiger partial charge in [0.05, 0.1) is 10.8 Å². The minimum atomic E-state index is -3.49. The van der Waals surface area contributed by atoms with Crippen molar-refractivity contribution >= 4 is 34.0 Å².